The fourth-order valence-corrected chi connectivity index (χ4v) is 2.41. The van der Waals surface area contributed by atoms with Gasteiger partial charge in [0.1, 0.15) is 0 Å². The fourth-order valence-electron chi connectivity index (χ4n) is 2.41. The van der Waals surface area contributed by atoms with E-state index in [0.29, 0.717) is 24.1 Å². The average Bonchev–Trinajstić information content (AvgIpc) is 2.47. The molecule has 20 heavy (non-hydrogen) atoms. The molecule has 1 aliphatic rings. The van der Waals surface area contributed by atoms with Crippen LogP contribution in [0.4, 0.5) is 5.95 Å². The highest BCUT2D eigenvalue weighted by molar-refractivity contribution is 5.70. The number of carboxylic acid groups (broad SMARTS) is 1. The van der Waals surface area contributed by atoms with Gasteiger partial charge in [-0.1, -0.05) is 6.42 Å². The lowest BCUT2D eigenvalue weighted by atomic mass is 9.86. The third-order valence-corrected chi connectivity index (χ3v) is 3.45. The molecule has 0 spiro atoms. The smallest absolute Gasteiger partial charge is 0.306 e. The van der Waals surface area contributed by atoms with Crippen LogP contribution in [0.5, 0.6) is 11.8 Å². The highest BCUT2D eigenvalue weighted by Gasteiger charge is 2.27. The van der Waals surface area contributed by atoms with Crippen molar-refractivity contribution in [3.8, 4) is 11.8 Å². The standard InChI is InChI=1S/C13H19N3O4/c1-19-10-7-11(20-2)16-13(15-10)14-9-5-3-4-8(6-9)12(17)18/h7-9H,3-6H2,1-2H3,(H,17,18)(H,14,15,16). The molecule has 1 aliphatic carbocycles. The molecule has 1 aromatic rings. The topological polar surface area (TPSA) is 93.6 Å². The zero-order valence-electron chi connectivity index (χ0n) is 11.6. The summed E-state index contributed by atoms with van der Waals surface area (Å²) in [4.78, 5) is 19.4. The lowest BCUT2D eigenvalue weighted by Crippen LogP contribution is -2.31. The van der Waals surface area contributed by atoms with Crippen molar-refractivity contribution in [2.75, 3.05) is 19.5 Å². The summed E-state index contributed by atoms with van der Waals surface area (Å²) in [7, 11) is 3.04. The maximum absolute atomic E-state index is 11.1. The molecular weight excluding hydrogens is 262 g/mol. The SMILES string of the molecule is COc1cc(OC)nc(NC2CCCC(C(=O)O)C2)n1. The van der Waals surface area contributed by atoms with Gasteiger partial charge < -0.3 is 19.9 Å². The van der Waals surface area contributed by atoms with Crippen molar-refractivity contribution in [3.63, 3.8) is 0 Å². The van der Waals surface area contributed by atoms with Crippen LogP contribution in [0.1, 0.15) is 25.7 Å². The van der Waals surface area contributed by atoms with Gasteiger partial charge in [-0.05, 0) is 19.3 Å². The molecular formula is C13H19N3O4. The minimum atomic E-state index is -0.736. The van der Waals surface area contributed by atoms with E-state index in [-0.39, 0.29) is 12.0 Å². The molecule has 0 amide bonds. The van der Waals surface area contributed by atoms with E-state index < -0.39 is 5.97 Å². The van der Waals surface area contributed by atoms with Crippen LogP contribution in [0, 0.1) is 5.92 Å². The Kier molecular flexibility index (Phi) is 4.60. The second-order valence-electron chi connectivity index (χ2n) is 4.82. The normalized spacial score (nSPS) is 22.1. The Hall–Kier alpha value is -2.05. The summed E-state index contributed by atoms with van der Waals surface area (Å²) < 4.78 is 10.2. The average molecular weight is 281 g/mol. The molecule has 2 atom stereocenters. The van der Waals surface area contributed by atoms with Gasteiger partial charge in [-0.15, -0.1) is 0 Å². The minimum absolute atomic E-state index is 0.0571. The Bertz CT molecular complexity index is 458. The van der Waals surface area contributed by atoms with E-state index in [1.807, 2.05) is 0 Å². The molecule has 0 bridgehead atoms. The van der Waals surface area contributed by atoms with Gasteiger partial charge in [0.2, 0.25) is 17.7 Å². The zero-order valence-corrected chi connectivity index (χ0v) is 11.6. The number of nitrogens with one attached hydrogen (secondary N) is 1. The first-order valence-electron chi connectivity index (χ1n) is 6.58. The number of hydrogen-bond acceptors (Lipinski definition) is 6. The molecule has 1 saturated carbocycles. The van der Waals surface area contributed by atoms with Crippen LogP contribution in [-0.4, -0.2) is 41.3 Å². The molecule has 1 fully saturated rings. The second-order valence-corrected chi connectivity index (χ2v) is 4.82. The Morgan fingerprint density at radius 2 is 1.95 bits per heavy atom. The minimum Gasteiger partial charge on any atom is -0.481 e. The fraction of sp³-hybridized carbons (Fsp3) is 0.615. The summed E-state index contributed by atoms with van der Waals surface area (Å²) in [6, 6.07) is 1.65. The van der Waals surface area contributed by atoms with Crippen molar-refractivity contribution in [1.82, 2.24) is 9.97 Å². The third kappa shape index (κ3) is 3.49. The molecule has 0 aromatic carbocycles. The van der Waals surface area contributed by atoms with E-state index in [9.17, 15) is 4.79 Å². The number of carbonyl (C=O) groups is 1. The van der Waals surface area contributed by atoms with Crippen LogP contribution in [0.3, 0.4) is 0 Å². The maximum atomic E-state index is 11.1. The van der Waals surface area contributed by atoms with E-state index >= 15 is 0 Å². The summed E-state index contributed by atoms with van der Waals surface area (Å²) in [6.07, 6.45) is 3.11. The highest BCUT2D eigenvalue weighted by Crippen LogP contribution is 2.27. The van der Waals surface area contributed by atoms with Gasteiger partial charge in [-0.3, -0.25) is 4.79 Å². The van der Waals surface area contributed by atoms with Crippen molar-refractivity contribution < 1.29 is 19.4 Å². The molecule has 2 N–H and O–H groups in total. The number of methoxy groups -OCH3 is 2. The van der Waals surface area contributed by atoms with Gasteiger partial charge in [0.05, 0.1) is 26.2 Å². The van der Waals surface area contributed by atoms with Gasteiger partial charge in [-0.2, -0.15) is 9.97 Å². The van der Waals surface area contributed by atoms with Gasteiger partial charge >= 0.3 is 5.97 Å². The second kappa shape index (κ2) is 6.40. The van der Waals surface area contributed by atoms with E-state index in [1.54, 1.807) is 6.07 Å². The Morgan fingerprint density at radius 1 is 1.30 bits per heavy atom. The molecule has 0 radical (unpaired) electrons. The van der Waals surface area contributed by atoms with Gasteiger partial charge in [-0.25, -0.2) is 0 Å². The predicted molar refractivity (Wildman–Crippen MR) is 72.1 cm³/mol. The molecule has 0 saturated heterocycles. The molecule has 2 unspecified atom stereocenters. The molecule has 7 heteroatoms. The summed E-state index contributed by atoms with van der Waals surface area (Å²) in [6.45, 7) is 0. The van der Waals surface area contributed by atoms with Gasteiger partial charge in [0.15, 0.2) is 0 Å². The number of rotatable bonds is 5. The number of aliphatic carboxylic acids is 1. The first-order valence-corrected chi connectivity index (χ1v) is 6.58. The van der Waals surface area contributed by atoms with Crippen LogP contribution in [0.25, 0.3) is 0 Å². The molecule has 7 nitrogen and oxygen atoms in total. The highest BCUT2D eigenvalue weighted by atomic mass is 16.5. The van der Waals surface area contributed by atoms with Crippen LogP contribution >= 0.6 is 0 Å². The summed E-state index contributed by atoms with van der Waals surface area (Å²) in [5.41, 5.74) is 0. The molecule has 1 heterocycles. The van der Waals surface area contributed by atoms with Gasteiger partial charge in [0, 0.05) is 6.04 Å². The van der Waals surface area contributed by atoms with Crippen LogP contribution in [0.15, 0.2) is 6.07 Å². The van der Waals surface area contributed by atoms with Crippen LogP contribution in [-0.2, 0) is 4.79 Å². The Labute approximate surface area is 117 Å². The number of ether oxygens (including phenoxy) is 2. The first kappa shape index (κ1) is 14.4. The van der Waals surface area contributed by atoms with Crippen LogP contribution < -0.4 is 14.8 Å². The number of nitrogens with zero attached hydrogens (tertiary/aromatic N) is 2. The number of hydrogen-bond donors (Lipinski definition) is 2. The monoisotopic (exact) mass is 281 g/mol. The van der Waals surface area contributed by atoms with Crippen molar-refractivity contribution >= 4 is 11.9 Å². The van der Waals surface area contributed by atoms with Crippen molar-refractivity contribution in [3.05, 3.63) is 6.07 Å². The quantitative estimate of drug-likeness (QED) is 0.845. The van der Waals surface area contributed by atoms with E-state index in [2.05, 4.69) is 15.3 Å². The van der Waals surface area contributed by atoms with E-state index in [4.69, 9.17) is 14.6 Å². The van der Waals surface area contributed by atoms with E-state index in [1.165, 1.54) is 14.2 Å². The number of aromatic nitrogens is 2. The van der Waals surface area contributed by atoms with Crippen LogP contribution in [0.2, 0.25) is 0 Å². The van der Waals surface area contributed by atoms with Gasteiger partial charge in [0.25, 0.3) is 0 Å². The Balaban J connectivity index is 2.07. The zero-order chi connectivity index (χ0) is 14.5. The Morgan fingerprint density at radius 3 is 2.50 bits per heavy atom. The number of anilines is 1. The summed E-state index contributed by atoms with van der Waals surface area (Å²) >= 11 is 0. The van der Waals surface area contributed by atoms with E-state index in [0.717, 1.165) is 19.3 Å². The third-order valence-electron chi connectivity index (χ3n) is 3.45. The number of carboxylic acids is 1. The summed E-state index contributed by atoms with van der Waals surface area (Å²) in [5.74, 6) is 0.182. The molecule has 1 aromatic heterocycles. The molecule has 0 aliphatic heterocycles. The summed E-state index contributed by atoms with van der Waals surface area (Å²) in [5, 5.41) is 12.3. The van der Waals surface area contributed by atoms with Crippen molar-refractivity contribution in [2.45, 2.75) is 31.7 Å². The predicted octanol–water partition coefficient (Wildman–Crippen LogP) is 1.55. The molecule has 110 valence electrons. The molecule has 2 rings (SSSR count). The maximum Gasteiger partial charge on any atom is 0.306 e. The lowest BCUT2D eigenvalue weighted by Gasteiger charge is -2.27. The van der Waals surface area contributed by atoms with Crippen molar-refractivity contribution in [1.29, 1.82) is 0 Å². The first-order chi connectivity index (χ1) is 9.62. The lowest BCUT2D eigenvalue weighted by molar-refractivity contribution is -0.142. The van der Waals surface area contributed by atoms with Crippen molar-refractivity contribution in [2.24, 2.45) is 5.92 Å². The largest absolute Gasteiger partial charge is 0.481 e.